The monoisotopic (exact) mass is 514 g/mol. The molecule has 0 bridgehead atoms. The molecule has 2 aromatic heterocycles. The molecular weight excluding hydrogens is 480 g/mol. The first kappa shape index (κ1) is 25.9. The highest BCUT2D eigenvalue weighted by atomic mass is 16.6. The highest BCUT2D eigenvalue weighted by Gasteiger charge is 2.30. The maximum atomic E-state index is 12.1. The van der Waals surface area contributed by atoms with Crippen LogP contribution in [0.1, 0.15) is 52.5 Å². The lowest BCUT2D eigenvalue weighted by Gasteiger charge is -2.20. The fraction of sp³-hybridized carbons (Fsp3) is 0.387. The Balaban J connectivity index is 1.42. The van der Waals surface area contributed by atoms with E-state index in [1.165, 1.54) is 11.9 Å². The van der Waals surface area contributed by atoms with E-state index in [1.807, 2.05) is 51.1 Å². The van der Waals surface area contributed by atoms with Gasteiger partial charge in [-0.25, -0.2) is 14.8 Å². The molecule has 2 heterocycles. The molecule has 0 aliphatic heterocycles. The maximum Gasteiger partial charge on any atom is 0.332 e. The van der Waals surface area contributed by atoms with Crippen LogP contribution in [-0.2, 0) is 20.7 Å². The normalized spacial score (nSPS) is 17.6. The fourth-order valence-electron chi connectivity index (χ4n) is 4.85. The number of nitrogens with zero attached hydrogens (tertiary/aromatic N) is 2. The van der Waals surface area contributed by atoms with Gasteiger partial charge in [-0.1, -0.05) is 61.5 Å². The van der Waals surface area contributed by atoms with Crippen molar-refractivity contribution in [1.82, 2.24) is 9.97 Å². The zero-order chi connectivity index (χ0) is 26.7. The summed E-state index contributed by atoms with van der Waals surface area (Å²) in [4.78, 5) is 21.0. The van der Waals surface area contributed by atoms with E-state index < -0.39 is 5.60 Å². The smallest absolute Gasteiger partial charge is 0.332 e. The van der Waals surface area contributed by atoms with Crippen LogP contribution >= 0.6 is 0 Å². The van der Waals surface area contributed by atoms with Crippen LogP contribution in [0.2, 0.25) is 0 Å². The zero-order valence-corrected chi connectivity index (χ0v) is 22.4. The first-order valence-corrected chi connectivity index (χ1v) is 13.2. The van der Waals surface area contributed by atoms with E-state index in [-0.39, 0.29) is 24.8 Å². The molecule has 2 atom stereocenters. The van der Waals surface area contributed by atoms with Gasteiger partial charge in [0.15, 0.2) is 0 Å². The van der Waals surface area contributed by atoms with Crippen molar-refractivity contribution in [3.05, 3.63) is 66.5 Å². The molecule has 1 aliphatic carbocycles. The minimum atomic E-state index is -0.530. The second-order valence-corrected chi connectivity index (χ2v) is 10.7. The van der Waals surface area contributed by atoms with E-state index in [2.05, 4.69) is 41.2 Å². The van der Waals surface area contributed by atoms with Crippen LogP contribution in [-0.4, -0.2) is 40.4 Å². The average molecular weight is 515 g/mol. The Bertz CT molecular complexity index is 1390. The zero-order valence-electron chi connectivity index (χ0n) is 22.4. The molecule has 2 aromatic carbocycles. The molecule has 0 saturated heterocycles. The number of aromatic nitrogens is 2. The molecule has 5 rings (SSSR count). The minimum absolute atomic E-state index is 0.0630. The van der Waals surface area contributed by atoms with E-state index >= 15 is 0 Å². The quantitative estimate of drug-likeness (QED) is 0.240. The predicted octanol–water partition coefficient (Wildman–Crippen LogP) is 6.78. The molecule has 7 heteroatoms. The number of benzene rings is 2. The minimum Gasteiger partial charge on any atom is -0.474 e. The molecule has 0 amide bonds. The number of carbonyl (C=O) groups is 1. The summed E-state index contributed by atoms with van der Waals surface area (Å²) in [6.07, 6.45) is 4.54. The number of fused-ring (bicyclic) bond motifs is 1. The van der Waals surface area contributed by atoms with Gasteiger partial charge in [0.1, 0.15) is 35.8 Å². The number of aryl methyl sites for hydroxylation is 1. The van der Waals surface area contributed by atoms with E-state index in [0.717, 1.165) is 47.1 Å². The van der Waals surface area contributed by atoms with Gasteiger partial charge in [-0.2, -0.15) is 0 Å². The third-order valence-corrected chi connectivity index (χ3v) is 6.61. The highest BCUT2D eigenvalue weighted by Crippen LogP contribution is 2.44. The number of esters is 1. The Morgan fingerprint density at radius 3 is 2.42 bits per heavy atom. The van der Waals surface area contributed by atoms with Gasteiger partial charge >= 0.3 is 5.97 Å². The maximum absolute atomic E-state index is 12.1. The molecule has 0 N–H and O–H groups in total. The molecule has 4 aromatic rings. The topological polar surface area (TPSA) is 83.7 Å². The molecule has 1 fully saturated rings. The first-order chi connectivity index (χ1) is 18.3. The fourth-order valence-corrected chi connectivity index (χ4v) is 4.85. The third-order valence-electron chi connectivity index (χ3n) is 6.61. The summed E-state index contributed by atoms with van der Waals surface area (Å²) in [5.74, 6) is 0.874. The van der Waals surface area contributed by atoms with Crippen LogP contribution in [0.4, 0.5) is 0 Å². The SMILES string of the molecule is CCc1ccc(-c2c(-c3ccccc3)oc3ncnc(OC4CC[C@@H](OCC(=O)OC(C)(C)C)C4)c23)cc1. The van der Waals surface area contributed by atoms with Gasteiger partial charge < -0.3 is 18.6 Å². The molecule has 38 heavy (non-hydrogen) atoms. The van der Waals surface area contributed by atoms with E-state index in [9.17, 15) is 4.79 Å². The molecule has 1 saturated carbocycles. The number of rotatable bonds is 8. The van der Waals surface area contributed by atoms with Gasteiger partial charge in [0.25, 0.3) is 0 Å². The lowest BCUT2D eigenvalue weighted by Crippen LogP contribution is -2.28. The third kappa shape index (κ3) is 5.89. The Morgan fingerprint density at radius 2 is 1.71 bits per heavy atom. The van der Waals surface area contributed by atoms with Gasteiger partial charge in [0.05, 0.1) is 6.10 Å². The molecule has 0 radical (unpaired) electrons. The van der Waals surface area contributed by atoms with Crippen LogP contribution < -0.4 is 4.74 Å². The van der Waals surface area contributed by atoms with Crippen molar-refractivity contribution in [2.75, 3.05) is 6.61 Å². The lowest BCUT2D eigenvalue weighted by molar-refractivity contribution is -0.162. The summed E-state index contributed by atoms with van der Waals surface area (Å²) in [6, 6.07) is 18.5. The van der Waals surface area contributed by atoms with Crippen molar-refractivity contribution in [1.29, 1.82) is 0 Å². The molecule has 1 unspecified atom stereocenters. The largest absolute Gasteiger partial charge is 0.474 e. The predicted molar refractivity (Wildman–Crippen MR) is 146 cm³/mol. The molecule has 7 nitrogen and oxygen atoms in total. The summed E-state index contributed by atoms with van der Waals surface area (Å²) in [5, 5.41) is 0.758. The number of furan rings is 1. The number of hydrogen-bond acceptors (Lipinski definition) is 7. The summed E-state index contributed by atoms with van der Waals surface area (Å²) in [7, 11) is 0. The standard InChI is InChI=1S/C31H34N2O5/c1-5-20-11-13-21(14-12-20)26-27-29(32-19-33-30(27)37-28(26)22-9-7-6-8-10-22)36-24-16-15-23(17-24)35-18-25(34)38-31(2,3)4/h6-14,19,23-24H,5,15-18H2,1-4H3/t23-,24?/m1/s1. The van der Waals surface area contributed by atoms with Gasteiger partial charge in [0.2, 0.25) is 11.6 Å². The molecule has 198 valence electrons. The Hall–Kier alpha value is -3.71. The number of hydrogen-bond donors (Lipinski definition) is 0. The van der Waals surface area contributed by atoms with Crippen LogP contribution in [0.15, 0.2) is 65.3 Å². The second-order valence-electron chi connectivity index (χ2n) is 10.7. The second kappa shape index (κ2) is 11.0. The van der Waals surface area contributed by atoms with E-state index in [4.69, 9.17) is 18.6 Å². The lowest BCUT2D eigenvalue weighted by atomic mass is 9.98. The van der Waals surface area contributed by atoms with Crippen molar-refractivity contribution in [2.45, 2.75) is 71.2 Å². The van der Waals surface area contributed by atoms with Crippen molar-refractivity contribution in [2.24, 2.45) is 0 Å². The highest BCUT2D eigenvalue weighted by molar-refractivity contribution is 6.03. The first-order valence-electron chi connectivity index (χ1n) is 13.2. The van der Waals surface area contributed by atoms with Gasteiger partial charge in [-0.3, -0.25) is 0 Å². The number of carbonyl (C=O) groups excluding carboxylic acids is 1. The summed E-state index contributed by atoms with van der Waals surface area (Å²) in [6.45, 7) is 7.62. The van der Waals surface area contributed by atoms with Crippen molar-refractivity contribution >= 4 is 17.1 Å². The van der Waals surface area contributed by atoms with Crippen molar-refractivity contribution < 1.29 is 23.4 Å². The van der Waals surface area contributed by atoms with Crippen molar-refractivity contribution in [3.63, 3.8) is 0 Å². The summed E-state index contributed by atoms with van der Waals surface area (Å²) >= 11 is 0. The van der Waals surface area contributed by atoms with Crippen LogP contribution in [0.5, 0.6) is 5.88 Å². The Morgan fingerprint density at radius 1 is 0.974 bits per heavy atom. The van der Waals surface area contributed by atoms with Crippen LogP contribution in [0.25, 0.3) is 33.6 Å². The van der Waals surface area contributed by atoms with Gasteiger partial charge in [0, 0.05) is 17.5 Å². The van der Waals surface area contributed by atoms with Gasteiger partial charge in [-0.15, -0.1) is 0 Å². The van der Waals surface area contributed by atoms with Gasteiger partial charge in [-0.05, 0) is 51.2 Å². The van der Waals surface area contributed by atoms with Crippen molar-refractivity contribution in [3.8, 4) is 28.3 Å². The summed E-state index contributed by atoms with van der Waals surface area (Å²) in [5.41, 5.74) is 4.11. The van der Waals surface area contributed by atoms with Crippen LogP contribution in [0.3, 0.4) is 0 Å². The summed E-state index contributed by atoms with van der Waals surface area (Å²) < 4.78 is 24.0. The van der Waals surface area contributed by atoms with Crippen LogP contribution in [0, 0.1) is 0 Å². The number of ether oxygens (including phenoxy) is 3. The van der Waals surface area contributed by atoms with E-state index in [0.29, 0.717) is 18.0 Å². The molecule has 0 spiro atoms. The Kier molecular flexibility index (Phi) is 7.47. The Labute approximate surface area is 223 Å². The molecular formula is C31H34N2O5. The van der Waals surface area contributed by atoms with E-state index in [1.54, 1.807) is 0 Å². The average Bonchev–Trinajstić information content (AvgIpc) is 3.52. The molecule has 1 aliphatic rings.